The maximum atomic E-state index is 15.3. The number of hydrogen-bond acceptors (Lipinski definition) is 6. The van der Waals surface area contributed by atoms with Crippen molar-refractivity contribution in [1.29, 1.82) is 0 Å². The molecule has 2 fully saturated rings. The molecule has 2 saturated heterocycles. The Hall–Kier alpha value is -3.82. The van der Waals surface area contributed by atoms with E-state index in [-0.39, 0.29) is 33.5 Å². The lowest BCUT2D eigenvalue weighted by atomic mass is 9.99. The zero-order chi connectivity index (χ0) is 26.8. The first kappa shape index (κ1) is 25.8. The van der Waals surface area contributed by atoms with Gasteiger partial charge in [-0.1, -0.05) is 29.3 Å². The first-order valence-electron chi connectivity index (χ1n) is 12.0. The van der Waals surface area contributed by atoms with Gasteiger partial charge >= 0.3 is 0 Å². The van der Waals surface area contributed by atoms with E-state index in [4.69, 9.17) is 27.9 Å². The molecule has 8 nitrogen and oxygen atoms in total. The number of rotatable bonds is 8. The van der Waals surface area contributed by atoms with Crippen molar-refractivity contribution < 1.29 is 18.7 Å². The SMILES string of the molecule is COc1cc(Cl)cc(N(C=O)c2ccc(Cl)cn2)c1NC(=O)c1ccc(C(=C2CCN2)N2CCC2)cc1F. The van der Waals surface area contributed by atoms with Gasteiger partial charge in [-0.25, -0.2) is 9.37 Å². The van der Waals surface area contributed by atoms with Crippen molar-refractivity contribution in [3.8, 4) is 5.75 Å². The molecule has 196 valence electrons. The number of aromatic nitrogens is 1. The Balaban J connectivity index is 1.49. The number of likely N-dealkylation sites (tertiary alicyclic amines) is 1. The normalized spacial score (nSPS) is 15.5. The molecular formula is C27H24Cl2FN5O3. The van der Waals surface area contributed by atoms with Crippen LogP contribution in [0.3, 0.4) is 0 Å². The molecule has 0 spiro atoms. The van der Waals surface area contributed by atoms with E-state index in [0.29, 0.717) is 17.0 Å². The van der Waals surface area contributed by atoms with Gasteiger partial charge in [0.25, 0.3) is 5.91 Å². The van der Waals surface area contributed by atoms with Gasteiger partial charge < -0.3 is 20.3 Å². The van der Waals surface area contributed by atoms with Crippen molar-refractivity contribution >= 4 is 58.4 Å². The molecule has 0 saturated carbocycles. The third kappa shape index (κ3) is 4.99. The zero-order valence-corrected chi connectivity index (χ0v) is 21.9. The fraction of sp³-hybridized carbons (Fsp3) is 0.222. The summed E-state index contributed by atoms with van der Waals surface area (Å²) < 4.78 is 20.8. The standard InChI is InChI=1S/C27H24Cl2FN5O3/c1-38-23-13-18(29)12-22(35(15-36)24-6-4-17(28)14-32-24)25(23)33-27(37)19-5-3-16(11-20(19)30)26(21-7-8-31-21)34-9-2-10-34/h3-6,11-15,31H,2,7-10H2,1H3,(H,33,37). The molecule has 38 heavy (non-hydrogen) atoms. The van der Waals surface area contributed by atoms with Crippen molar-refractivity contribution in [2.45, 2.75) is 12.8 Å². The minimum Gasteiger partial charge on any atom is -0.494 e. The largest absolute Gasteiger partial charge is 0.494 e. The summed E-state index contributed by atoms with van der Waals surface area (Å²) in [6.07, 6.45) is 3.90. The Morgan fingerprint density at radius 2 is 1.97 bits per heavy atom. The molecule has 2 aliphatic heterocycles. The molecule has 3 aromatic rings. The van der Waals surface area contributed by atoms with Crippen LogP contribution >= 0.6 is 23.2 Å². The highest BCUT2D eigenvalue weighted by atomic mass is 35.5. The van der Waals surface area contributed by atoms with Gasteiger partial charge in [0, 0.05) is 54.6 Å². The molecule has 2 N–H and O–H groups in total. The predicted molar refractivity (Wildman–Crippen MR) is 146 cm³/mol. The second-order valence-electron chi connectivity index (χ2n) is 8.81. The molecule has 1 aromatic heterocycles. The van der Waals surface area contributed by atoms with Gasteiger partial charge in [-0.05, 0) is 36.8 Å². The summed E-state index contributed by atoms with van der Waals surface area (Å²) in [5.41, 5.74) is 2.93. The second-order valence-corrected chi connectivity index (χ2v) is 9.68. The number of nitrogens with one attached hydrogen (secondary N) is 2. The quantitative estimate of drug-likeness (QED) is 0.359. The van der Waals surface area contributed by atoms with Crippen LogP contribution in [0.15, 0.2) is 54.4 Å². The summed E-state index contributed by atoms with van der Waals surface area (Å²) in [4.78, 5) is 33.0. The smallest absolute Gasteiger partial charge is 0.258 e. The lowest BCUT2D eigenvalue weighted by Gasteiger charge is -2.39. The van der Waals surface area contributed by atoms with Crippen LogP contribution in [0.25, 0.3) is 5.70 Å². The maximum absolute atomic E-state index is 15.3. The lowest BCUT2D eigenvalue weighted by Crippen LogP contribution is -2.40. The highest BCUT2D eigenvalue weighted by molar-refractivity contribution is 6.31. The molecule has 0 unspecified atom stereocenters. The van der Waals surface area contributed by atoms with Crippen LogP contribution in [0.5, 0.6) is 5.75 Å². The van der Waals surface area contributed by atoms with Crippen LogP contribution in [0.4, 0.5) is 21.6 Å². The van der Waals surface area contributed by atoms with Gasteiger partial charge in [0.1, 0.15) is 23.1 Å². The first-order chi connectivity index (χ1) is 18.4. The third-order valence-corrected chi connectivity index (χ3v) is 6.93. The number of ether oxygens (including phenoxy) is 1. The number of amides is 2. The summed E-state index contributed by atoms with van der Waals surface area (Å²) in [6, 6.07) is 10.6. The van der Waals surface area contributed by atoms with E-state index in [9.17, 15) is 9.59 Å². The number of halogens is 3. The number of hydrogen-bond donors (Lipinski definition) is 2. The van der Waals surface area contributed by atoms with E-state index in [1.54, 1.807) is 12.1 Å². The molecule has 3 heterocycles. The van der Waals surface area contributed by atoms with Crippen molar-refractivity contribution in [3.63, 3.8) is 0 Å². The fourth-order valence-corrected chi connectivity index (χ4v) is 4.67. The molecule has 0 radical (unpaired) electrons. The number of carbonyl (C=O) groups is 2. The Morgan fingerprint density at radius 1 is 1.18 bits per heavy atom. The lowest BCUT2D eigenvalue weighted by molar-refractivity contribution is -0.106. The van der Waals surface area contributed by atoms with Crippen LogP contribution < -0.4 is 20.3 Å². The summed E-state index contributed by atoms with van der Waals surface area (Å²) in [7, 11) is 1.39. The van der Waals surface area contributed by atoms with E-state index in [1.165, 1.54) is 48.5 Å². The van der Waals surface area contributed by atoms with Gasteiger partial charge in [0.05, 0.1) is 29.1 Å². The monoisotopic (exact) mass is 555 g/mol. The minimum absolute atomic E-state index is 0.122. The number of methoxy groups -OCH3 is 1. The van der Waals surface area contributed by atoms with E-state index in [2.05, 4.69) is 20.5 Å². The van der Waals surface area contributed by atoms with E-state index in [0.717, 1.165) is 43.9 Å². The molecule has 11 heteroatoms. The topological polar surface area (TPSA) is 86.8 Å². The predicted octanol–water partition coefficient (Wildman–Crippen LogP) is 5.45. The number of benzene rings is 2. The average Bonchev–Trinajstić information content (AvgIpc) is 2.84. The molecule has 2 aliphatic rings. The Labute approximate surface area is 229 Å². The van der Waals surface area contributed by atoms with Crippen molar-refractivity contribution in [2.75, 3.05) is 37.0 Å². The third-order valence-electron chi connectivity index (χ3n) is 6.49. The van der Waals surface area contributed by atoms with Crippen molar-refractivity contribution in [2.24, 2.45) is 0 Å². The Morgan fingerprint density at radius 3 is 2.53 bits per heavy atom. The summed E-state index contributed by atoms with van der Waals surface area (Å²) in [5.74, 6) is -0.972. The van der Waals surface area contributed by atoms with Crippen LogP contribution in [-0.4, -0.2) is 48.9 Å². The molecule has 5 rings (SSSR count). The number of nitrogens with zero attached hydrogens (tertiary/aromatic N) is 3. The summed E-state index contributed by atoms with van der Waals surface area (Å²) >= 11 is 12.2. The molecule has 2 amide bonds. The van der Waals surface area contributed by atoms with Gasteiger partial charge in [0.2, 0.25) is 6.41 Å². The molecule has 2 aromatic carbocycles. The average molecular weight is 556 g/mol. The van der Waals surface area contributed by atoms with Crippen molar-refractivity contribution in [3.05, 3.63) is 81.3 Å². The van der Waals surface area contributed by atoms with Crippen LogP contribution in [0.2, 0.25) is 10.0 Å². The van der Waals surface area contributed by atoms with Gasteiger partial charge in [-0.2, -0.15) is 0 Å². The van der Waals surface area contributed by atoms with E-state index >= 15 is 4.39 Å². The molecule has 0 atom stereocenters. The highest BCUT2D eigenvalue weighted by Gasteiger charge is 2.27. The zero-order valence-electron chi connectivity index (χ0n) is 20.4. The van der Waals surface area contributed by atoms with E-state index in [1.807, 2.05) is 0 Å². The molecule has 0 bridgehead atoms. The number of anilines is 3. The van der Waals surface area contributed by atoms with Crippen LogP contribution in [0, 0.1) is 5.82 Å². The molecule has 0 aliphatic carbocycles. The van der Waals surface area contributed by atoms with Gasteiger partial charge in [-0.3, -0.25) is 14.5 Å². The second kappa shape index (κ2) is 10.9. The van der Waals surface area contributed by atoms with E-state index < -0.39 is 11.7 Å². The number of carbonyl (C=O) groups excluding carboxylic acids is 2. The summed E-state index contributed by atoms with van der Waals surface area (Å²) in [5, 5.41) is 6.64. The maximum Gasteiger partial charge on any atom is 0.258 e. The molecular weight excluding hydrogens is 532 g/mol. The first-order valence-corrected chi connectivity index (χ1v) is 12.7. The minimum atomic E-state index is -0.717. The van der Waals surface area contributed by atoms with Gasteiger partial charge in [-0.15, -0.1) is 0 Å². The van der Waals surface area contributed by atoms with Gasteiger partial charge in [0.15, 0.2) is 0 Å². The van der Waals surface area contributed by atoms with Crippen LogP contribution in [-0.2, 0) is 4.79 Å². The highest BCUT2D eigenvalue weighted by Crippen LogP contribution is 2.41. The summed E-state index contributed by atoms with van der Waals surface area (Å²) in [6.45, 7) is 2.72. The van der Waals surface area contributed by atoms with Crippen LogP contribution in [0.1, 0.15) is 28.8 Å². The Bertz CT molecular complexity index is 1420. The fourth-order valence-electron chi connectivity index (χ4n) is 4.36. The Kier molecular flexibility index (Phi) is 7.40. The number of pyridine rings is 1. The van der Waals surface area contributed by atoms with Crippen molar-refractivity contribution in [1.82, 2.24) is 15.2 Å².